The Morgan fingerprint density at radius 3 is 2.57 bits per heavy atom. The molecule has 148 valence electrons. The Labute approximate surface area is 165 Å². The van der Waals surface area contributed by atoms with Crippen molar-refractivity contribution >= 4 is 5.82 Å². The highest BCUT2D eigenvalue weighted by atomic mass is 15.4. The number of piperidine rings is 1. The van der Waals surface area contributed by atoms with Gasteiger partial charge in [0.15, 0.2) is 5.82 Å². The van der Waals surface area contributed by atoms with Crippen LogP contribution in [0.3, 0.4) is 0 Å². The Morgan fingerprint density at radius 2 is 1.93 bits per heavy atom. The predicted molar refractivity (Wildman–Crippen MR) is 106 cm³/mol. The maximum atomic E-state index is 4.52. The number of pyridine rings is 1. The fraction of sp³-hybridized carbons (Fsp3) is 0.526. The van der Waals surface area contributed by atoms with E-state index in [9.17, 15) is 0 Å². The van der Waals surface area contributed by atoms with Gasteiger partial charge in [0.2, 0.25) is 0 Å². The van der Waals surface area contributed by atoms with Crippen molar-refractivity contribution in [3.05, 3.63) is 48.2 Å². The van der Waals surface area contributed by atoms with Gasteiger partial charge in [-0.3, -0.25) is 4.90 Å². The van der Waals surface area contributed by atoms with E-state index in [2.05, 4.69) is 46.9 Å². The normalized spacial score (nSPS) is 15.8. The number of nitrogens with zero attached hydrogens (tertiary/aromatic N) is 9. The van der Waals surface area contributed by atoms with Crippen LogP contribution in [-0.4, -0.2) is 66.6 Å². The van der Waals surface area contributed by atoms with E-state index in [-0.39, 0.29) is 0 Å². The Hall–Kier alpha value is -2.81. The maximum Gasteiger partial charge on any atom is 0.154 e. The summed E-state index contributed by atoms with van der Waals surface area (Å²) >= 11 is 0. The topological polar surface area (TPSA) is 80.8 Å². The lowest BCUT2D eigenvalue weighted by molar-refractivity contribution is 0.200. The number of hydrogen-bond donors (Lipinski definition) is 0. The Morgan fingerprint density at radius 1 is 1.11 bits per heavy atom. The molecule has 0 radical (unpaired) electrons. The van der Waals surface area contributed by atoms with Crippen molar-refractivity contribution in [1.29, 1.82) is 0 Å². The highest BCUT2D eigenvalue weighted by Gasteiger charge is 2.25. The Kier molecular flexibility index (Phi) is 5.34. The van der Waals surface area contributed by atoms with Crippen molar-refractivity contribution < 1.29 is 0 Å². The first-order valence-electron chi connectivity index (χ1n) is 9.65. The van der Waals surface area contributed by atoms with E-state index in [1.54, 1.807) is 11.0 Å². The highest BCUT2D eigenvalue weighted by Crippen LogP contribution is 2.27. The molecule has 0 N–H and O–H groups in total. The molecule has 1 aliphatic heterocycles. The third-order valence-corrected chi connectivity index (χ3v) is 5.39. The second kappa shape index (κ2) is 8.05. The standard InChI is InChI=1S/C19H27N9/c1-25(2)17-5-4-15(10-21-17)11-27-8-6-16(7-9-27)19-24-23-18(26(19)3)12-28-14-20-13-22-28/h4-5,10,13-14,16H,6-9,11-12H2,1-3H3. The van der Waals surface area contributed by atoms with Crippen LogP contribution in [0.2, 0.25) is 0 Å². The lowest BCUT2D eigenvalue weighted by atomic mass is 9.95. The van der Waals surface area contributed by atoms with Crippen LogP contribution in [0.5, 0.6) is 0 Å². The lowest BCUT2D eigenvalue weighted by Gasteiger charge is -2.31. The molecule has 9 nitrogen and oxygen atoms in total. The van der Waals surface area contributed by atoms with E-state index in [4.69, 9.17) is 0 Å². The Bertz CT molecular complexity index is 875. The van der Waals surface area contributed by atoms with Gasteiger partial charge in [0.1, 0.15) is 30.8 Å². The van der Waals surface area contributed by atoms with Gasteiger partial charge in [-0.25, -0.2) is 14.6 Å². The first-order chi connectivity index (χ1) is 13.6. The van der Waals surface area contributed by atoms with Gasteiger partial charge in [0, 0.05) is 39.8 Å². The highest BCUT2D eigenvalue weighted by molar-refractivity contribution is 5.37. The summed E-state index contributed by atoms with van der Waals surface area (Å²) in [5, 5.41) is 13.0. The van der Waals surface area contributed by atoms with E-state index in [1.807, 2.05) is 32.2 Å². The molecule has 0 aromatic carbocycles. The van der Waals surface area contributed by atoms with Gasteiger partial charge in [-0.05, 0) is 37.6 Å². The fourth-order valence-corrected chi connectivity index (χ4v) is 3.71. The van der Waals surface area contributed by atoms with Gasteiger partial charge >= 0.3 is 0 Å². The molecule has 1 saturated heterocycles. The second-order valence-corrected chi connectivity index (χ2v) is 7.60. The molecule has 28 heavy (non-hydrogen) atoms. The predicted octanol–water partition coefficient (Wildman–Crippen LogP) is 1.30. The zero-order valence-electron chi connectivity index (χ0n) is 16.7. The summed E-state index contributed by atoms with van der Waals surface area (Å²) in [5.74, 6) is 3.43. The minimum absolute atomic E-state index is 0.451. The average Bonchev–Trinajstić information content (AvgIpc) is 3.34. The molecule has 0 bridgehead atoms. The van der Waals surface area contributed by atoms with Crippen LogP contribution in [0.4, 0.5) is 5.82 Å². The molecule has 4 rings (SSSR count). The average molecular weight is 381 g/mol. The summed E-state index contributed by atoms with van der Waals surface area (Å²) in [4.78, 5) is 13.0. The lowest BCUT2D eigenvalue weighted by Crippen LogP contribution is -2.33. The largest absolute Gasteiger partial charge is 0.363 e. The van der Waals surface area contributed by atoms with Gasteiger partial charge in [-0.2, -0.15) is 5.10 Å². The number of anilines is 1. The first kappa shape index (κ1) is 18.5. The third-order valence-electron chi connectivity index (χ3n) is 5.39. The molecule has 0 saturated carbocycles. The zero-order chi connectivity index (χ0) is 19.5. The molecular weight excluding hydrogens is 354 g/mol. The van der Waals surface area contributed by atoms with E-state index in [0.717, 1.165) is 49.9 Å². The van der Waals surface area contributed by atoms with Crippen LogP contribution < -0.4 is 4.90 Å². The summed E-state index contributed by atoms with van der Waals surface area (Å²) < 4.78 is 3.89. The van der Waals surface area contributed by atoms with Crippen LogP contribution in [0.1, 0.15) is 36.0 Å². The molecule has 1 aliphatic rings. The number of aromatic nitrogens is 7. The van der Waals surface area contributed by atoms with Crippen molar-refractivity contribution in [1.82, 2.24) is 39.4 Å². The summed E-state index contributed by atoms with van der Waals surface area (Å²) in [7, 11) is 6.07. The van der Waals surface area contributed by atoms with Crippen LogP contribution in [0.25, 0.3) is 0 Å². The molecule has 0 atom stereocenters. The number of likely N-dealkylation sites (tertiary alicyclic amines) is 1. The fourth-order valence-electron chi connectivity index (χ4n) is 3.71. The minimum atomic E-state index is 0.451. The van der Waals surface area contributed by atoms with E-state index in [1.165, 1.54) is 11.9 Å². The Balaban J connectivity index is 1.33. The van der Waals surface area contributed by atoms with Crippen molar-refractivity contribution in [2.45, 2.75) is 31.8 Å². The molecule has 0 spiro atoms. The SMILES string of the molecule is CN(C)c1ccc(CN2CCC(c3nnc(Cn4cncn4)n3C)CC2)cn1. The first-order valence-corrected chi connectivity index (χ1v) is 9.65. The molecule has 1 fully saturated rings. The van der Waals surface area contributed by atoms with Crippen molar-refractivity contribution in [2.24, 2.45) is 7.05 Å². The maximum absolute atomic E-state index is 4.52. The summed E-state index contributed by atoms with van der Waals surface area (Å²) in [5.41, 5.74) is 1.26. The van der Waals surface area contributed by atoms with Crippen LogP contribution in [-0.2, 0) is 20.1 Å². The van der Waals surface area contributed by atoms with E-state index >= 15 is 0 Å². The quantitative estimate of drug-likeness (QED) is 0.636. The van der Waals surface area contributed by atoms with Crippen molar-refractivity contribution in [3.8, 4) is 0 Å². The van der Waals surface area contributed by atoms with E-state index in [0.29, 0.717) is 12.5 Å². The minimum Gasteiger partial charge on any atom is -0.363 e. The molecule has 4 heterocycles. The van der Waals surface area contributed by atoms with Crippen LogP contribution in [0.15, 0.2) is 31.0 Å². The smallest absolute Gasteiger partial charge is 0.154 e. The molecule has 0 unspecified atom stereocenters. The van der Waals surface area contributed by atoms with Crippen LogP contribution in [0, 0.1) is 0 Å². The molecule has 9 heteroatoms. The molecular formula is C19H27N9. The van der Waals surface area contributed by atoms with E-state index < -0.39 is 0 Å². The summed E-state index contributed by atoms with van der Waals surface area (Å²) in [6.45, 7) is 3.67. The summed E-state index contributed by atoms with van der Waals surface area (Å²) in [6, 6.07) is 4.26. The molecule has 0 aliphatic carbocycles. The van der Waals surface area contributed by atoms with Crippen molar-refractivity contribution in [3.63, 3.8) is 0 Å². The van der Waals surface area contributed by atoms with Gasteiger partial charge in [-0.15, -0.1) is 10.2 Å². The van der Waals surface area contributed by atoms with Gasteiger partial charge < -0.3 is 9.47 Å². The zero-order valence-corrected chi connectivity index (χ0v) is 16.7. The van der Waals surface area contributed by atoms with Gasteiger partial charge in [0.05, 0.1) is 0 Å². The number of rotatable bonds is 6. The number of hydrogen-bond acceptors (Lipinski definition) is 7. The van der Waals surface area contributed by atoms with Gasteiger partial charge in [-0.1, -0.05) is 6.07 Å². The summed E-state index contributed by atoms with van der Waals surface area (Å²) in [6.07, 6.45) is 7.42. The second-order valence-electron chi connectivity index (χ2n) is 7.60. The molecule has 3 aromatic heterocycles. The van der Waals surface area contributed by atoms with Gasteiger partial charge in [0.25, 0.3) is 0 Å². The molecule has 0 amide bonds. The molecule has 3 aromatic rings. The monoisotopic (exact) mass is 381 g/mol. The third kappa shape index (κ3) is 4.04. The van der Waals surface area contributed by atoms with Crippen LogP contribution >= 0.6 is 0 Å². The van der Waals surface area contributed by atoms with Crippen molar-refractivity contribution in [2.75, 3.05) is 32.1 Å².